The third kappa shape index (κ3) is 2.68. The van der Waals surface area contributed by atoms with Gasteiger partial charge in [0.15, 0.2) is 5.17 Å². The molecule has 1 heterocycles. The average Bonchev–Trinajstić information content (AvgIpc) is 2.64. The highest BCUT2D eigenvalue weighted by molar-refractivity contribution is 8.13. The van der Waals surface area contributed by atoms with E-state index in [0.717, 1.165) is 5.92 Å². The minimum Gasteiger partial charge on any atom is -0.362 e. The Bertz CT molecular complexity index is 250. The van der Waals surface area contributed by atoms with Crippen molar-refractivity contribution in [2.45, 2.75) is 52.1 Å². The van der Waals surface area contributed by atoms with Crippen molar-refractivity contribution >= 4 is 16.9 Å². The van der Waals surface area contributed by atoms with Crippen LogP contribution in [0.25, 0.3) is 0 Å². The number of rotatable bonds is 2. The molecule has 0 amide bonds. The molecule has 0 radical (unpaired) electrons. The molecule has 0 aromatic rings. The first-order chi connectivity index (χ1) is 7.16. The van der Waals surface area contributed by atoms with Crippen LogP contribution < -0.4 is 5.32 Å². The fraction of sp³-hybridized carbons (Fsp3) is 0.917. The van der Waals surface area contributed by atoms with Gasteiger partial charge in [0.2, 0.25) is 0 Å². The van der Waals surface area contributed by atoms with Crippen LogP contribution in [0.3, 0.4) is 0 Å². The summed E-state index contributed by atoms with van der Waals surface area (Å²) in [6.45, 7) is 6.75. The van der Waals surface area contributed by atoms with E-state index in [1.807, 2.05) is 11.8 Å². The van der Waals surface area contributed by atoms with E-state index in [-0.39, 0.29) is 0 Å². The first-order valence-electron chi connectivity index (χ1n) is 6.14. The maximum Gasteiger partial charge on any atom is 0.157 e. The lowest BCUT2D eigenvalue weighted by Gasteiger charge is -2.26. The molecule has 1 aliphatic carbocycles. The van der Waals surface area contributed by atoms with E-state index >= 15 is 0 Å². The molecule has 3 unspecified atom stereocenters. The molecule has 3 heteroatoms. The van der Waals surface area contributed by atoms with Crippen LogP contribution in [0.2, 0.25) is 0 Å². The lowest BCUT2D eigenvalue weighted by molar-refractivity contribution is 0.481. The number of thioether (sulfide) groups is 1. The summed E-state index contributed by atoms with van der Waals surface area (Å²) in [4.78, 5) is 4.83. The summed E-state index contributed by atoms with van der Waals surface area (Å²) in [5.41, 5.74) is 0. The minimum absolute atomic E-state index is 0.536. The van der Waals surface area contributed by atoms with Gasteiger partial charge in [-0.15, -0.1) is 0 Å². The van der Waals surface area contributed by atoms with Crippen molar-refractivity contribution in [3.63, 3.8) is 0 Å². The molecule has 1 saturated carbocycles. The van der Waals surface area contributed by atoms with Crippen molar-refractivity contribution in [1.29, 1.82) is 0 Å². The highest BCUT2D eigenvalue weighted by Crippen LogP contribution is 2.35. The fourth-order valence-corrected chi connectivity index (χ4v) is 3.44. The summed E-state index contributed by atoms with van der Waals surface area (Å²) in [6, 6.07) is 1.17. The van der Waals surface area contributed by atoms with Crippen molar-refractivity contribution < 1.29 is 0 Å². The van der Waals surface area contributed by atoms with Crippen LogP contribution in [0.1, 0.15) is 40.0 Å². The Morgan fingerprint density at radius 2 is 2.13 bits per heavy atom. The molecular weight excluding hydrogens is 204 g/mol. The zero-order chi connectivity index (χ0) is 10.8. The monoisotopic (exact) mass is 226 g/mol. The number of nitrogens with one attached hydrogen (secondary N) is 1. The molecule has 0 saturated heterocycles. The molecule has 0 bridgehead atoms. The molecule has 1 fully saturated rings. The summed E-state index contributed by atoms with van der Waals surface area (Å²) < 4.78 is 0. The lowest BCUT2D eigenvalue weighted by Crippen LogP contribution is -2.38. The van der Waals surface area contributed by atoms with E-state index < -0.39 is 0 Å². The van der Waals surface area contributed by atoms with E-state index in [1.54, 1.807) is 0 Å². The summed E-state index contributed by atoms with van der Waals surface area (Å²) in [6.07, 6.45) is 4.09. The molecular formula is C12H22N2S. The second-order valence-corrected chi connectivity index (χ2v) is 6.19. The van der Waals surface area contributed by atoms with Gasteiger partial charge in [0, 0.05) is 11.8 Å². The summed E-state index contributed by atoms with van der Waals surface area (Å²) in [7, 11) is 0. The zero-order valence-electron chi connectivity index (χ0n) is 9.99. The molecule has 2 rings (SSSR count). The summed E-state index contributed by atoms with van der Waals surface area (Å²) >= 11 is 1.92. The Morgan fingerprint density at radius 1 is 1.33 bits per heavy atom. The average molecular weight is 226 g/mol. The Kier molecular flexibility index (Phi) is 3.60. The maximum absolute atomic E-state index is 4.83. The van der Waals surface area contributed by atoms with Crippen LogP contribution in [0, 0.1) is 11.8 Å². The molecule has 2 nitrogen and oxygen atoms in total. The van der Waals surface area contributed by atoms with Crippen molar-refractivity contribution in [3.8, 4) is 0 Å². The standard InChI is InChI=1S/C12H22N2S/c1-8(2)9(3)13-12-14-11-6-4-5-10(11)7-15-12/h8-11H,4-7H2,1-3H3,(H,13,14). The van der Waals surface area contributed by atoms with E-state index in [9.17, 15) is 0 Å². The SMILES string of the molecule is CC(C)C(C)NC1=NC2CCCC2CS1. The van der Waals surface area contributed by atoms with Gasteiger partial charge in [-0.1, -0.05) is 32.0 Å². The van der Waals surface area contributed by atoms with Crippen molar-refractivity contribution in [3.05, 3.63) is 0 Å². The van der Waals surface area contributed by atoms with Gasteiger partial charge in [-0.05, 0) is 31.6 Å². The third-order valence-corrected chi connectivity index (χ3v) is 4.78. The van der Waals surface area contributed by atoms with E-state index in [4.69, 9.17) is 4.99 Å². The van der Waals surface area contributed by atoms with Gasteiger partial charge in [-0.3, -0.25) is 4.99 Å². The molecule has 0 aromatic heterocycles. The molecule has 2 aliphatic rings. The van der Waals surface area contributed by atoms with Crippen molar-refractivity contribution in [2.75, 3.05) is 5.75 Å². The van der Waals surface area contributed by atoms with Crippen molar-refractivity contribution in [2.24, 2.45) is 16.8 Å². The van der Waals surface area contributed by atoms with Gasteiger partial charge in [0.05, 0.1) is 6.04 Å². The number of nitrogens with zero attached hydrogens (tertiary/aromatic N) is 1. The van der Waals surface area contributed by atoms with Crippen LogP contribution in [0.15, 0.2) is 4.99 Å². The Labute approximate surface area is 97.3 Å². The molecule has 15 heavy (non-hydrogen) atoms. The summed E-state index contributed by atoms with van der Waals surface area (Å²) in [5, 5.41) is 4.74. The van der Waals surface area contributed by atoms with Gasteiger partial charge in [-0.25, -0.2) is 0 Å². The first kappa shape index (κ1) is 11.3. The smallest absolute Gasteiger partial charge is 0.157 e. The second kappa shape index (κ2) is 4.77. The third-order valence-electron chi connectivity index (χ3n) is 3.69. The molecule has 86 valence electrons. The Hall–Kier alpha value is -0.180. The number of hydrogen-bond acceptors (Lipinski definition) is 3. The summed E-state index contributed by atoms with van der Waals surface area (Å²) in [5.74, 6) is 2.82. The number of fused-ring (bicyclic) bond motifs is 1. The van der Waals surface area contributed by atoms with E-state index in [0.29, 0.717) is 18.0 Å². The second-order valence-electron chi connectivity index (χ2n) is 5.18. The van der Waals surface area contributed by atoms with Crippen LogP contribution in [-0.2, 0) is 0 Å². The van der Waals surface area contributed by atoms with Gasteiger partial charge in [0.25, 0.3) is 0 Å². The molecule has 1 aliphatic heterocycles. The fourth-order valence-electron chi connectivity index (χ4n) is 2.20. The zero-order valence-corrected chi connectivity index (χ0v) is 10.8. The molecule has 0 spiro atoms. The largest absolute Gasteiger partial charge is 0.362 e. The molecule has 3 atom stereocenters. The van der Waals surface area contributed by atoms with Gasteiger partial charge < -0.3 is 5.32 Å². The maximum atomic E-state index is 4.83. The van der Waals surface area contributed by atoms with E-state index in [2.05, 4.69) is 26.1 Å². The number of amidine groups is 1. The minimum atomic E-state index is 0.536. The van der Waals surface area contributed by atoms with Crippen LogP contribution >= 0.6 is 11.8 Å². The quantitative estimate of drug-likeness (QED) is 0.783. The number of aliphatic imine (C=N–C) groups is 1. The van der Waals surface area contributed by atoms with Gasteiger partial charge in [0.1, 0.15) is 0 Å². The van der Waals surface area contributed by atoms with Crippen molar-refractivity contribution in [1.82, 2.24) is 5.32 Å². The normalized spacial score (nSPS) is 32.4. The first-order valence-corrected chi connectivity index (χ1v) is 7.12. The highest BCUT2D eigenvalue weighted by Gasteiger charge is 2.31. The molecule has 0 aromatic carbocycles. The lowest BCUT2D eigenvalue weighted by atomic mass is 10.1. The van der Waals surface area contributed by atoms with Gasteiger partial charge in [-0.2, -0.15) is 0 Å². The number of hydrogen-bond donors (Lipinski definition) is 1. The Balaban J connectivity index is 1.93. The van der Waals surface area contributed by atoms with Crippen LogP contribution in [0.5, 0.6) is 0 Å². The highest BCUT2D eigenvalue weighted by atomic mass is 32.2. The molecule has 1 N–H and O–H groups in total. The Morgan fingerprint density at radius 3 is 2.87 bits per heavy atom. The van der Waals surface area contributed by atoms with Gasteiger partial charge >= 0.3 is 0 Å². The van der Waals surface area contributed by atoms with E-state index in [1.165, 1.54) is 30.2 Å². The predicted octanol–water partition coefficient (Wildman–Crippen LogP) is 2.89. The van der Waals surface area contributed by atoms with Crippen LogP contribution in [0.4, 0.5) is 0 Å². The predicted molar refractivity (Wildman–Crippen MR) is 68.5 cm³/mol. The topological polar surface area (TPSA) is 24.4 Å². The van der Waals surface area contributed by atoms with Crippen LogP contribution in [-0.4, -0.2) is 23.0 Å².